The molecule has 8 heteroatoms. The highest BCUT2D eigenvalue weighted by molar-refractivity contribution is 7.92. The average molecular weight is 459 g/mol. The van der Waals surface area contributed by atoms with Crippen molar-refractivity contribution in [3.05, 3.63) is 47.0 Å². The van der Waals surface area contributed by atoms with Crippen molar-refractivity contribution in [3.63, 3.8) is 0 Å². The summed E-state index contributed by atoms with van der Waals surface area (Å²) in [5.74, 6) is 1.10. The van der Waals surface area contributed by atoms with Crippen molar-refractivity contribution >= 4 is 21.6 Å². The van der Waals surface area contributed by atoms with E-state index in [1.54, 1.807) is 30.3 Å². The molecule has 0 aromatic heterocycles. The Morgan fingerprint density at radius 3 is 2.59 bits per heavy atom. The van der Waals surface area contributed by atoms with E-state index >= 15 is 0 Å². The number of piperidine rings is 1. The molecular weight excluding hydrogens is 428 g/mol. The Kier molecular flexibility index (Phi) is 6.33. The van der Waals surface area contributed by atoms with Crippen LogP contribution in [0.5, 0.6) is 11.5 Å². The first-order valence-corrected chi connectivity index (χ1v) is 12.6. The lowest BCUT2D eigenvalue weighted by Gasteiger charge is -2.37. The zero-order valence-electron chi connectivity index (χ0n) is 18.8. The molecule has 0 spiro atoms. The normalized spacial score (nSPS) is 18.7. The van der Waals surface area contributed by atoms with Gasteiger partial charge in [-0.25, -0.2) is 8.42 Å². The van der Waals surface area contributed by atoms with Gasteiger partial charge in [0.05, 0.1) is 23.7 Å². The minimum atomic E-state index is -3.84. The van der Waals surface area contributed by atoms with Gasteiger partial charge in [0, 0.05) is 24.7 Å². The van der Waals surface area contributed by atoms with Crippen LogP contribution >= 0.6 is 0 Å². The van der Waals surface area contributed by atoms with Crippen LogP contribution < -0.4 is 14.2 Å². The van der Waals surface area contributed by atoms with Gasteiger partial charge in [-0.1, -0.05) is 0 Å². The molecule has 0 radical (unpaired) electrons. The minimum absolute atomic E-state index is 0.0989. The number of ether oxygens (including phenoxy) is 2. The second-order valence-electron chi connectivity index (χ2n) is 8.42. The third kappa shape index (κ3) is 4.41. The predicted octanol–water partition coefficient (Wildman–Crippen LogP) is 4.28. The Bertz CT molecular complexity index is 1110. The molecule has 2 aromatic carbocycles. The molecule has 172 valence electrons. The largest absolute Gasteiger partial charge is 0.493 e. The van der Waals surface area contributed by atoms with Crippen molar-refractivity contribution in [3.8, 4) is 11.5 Å². The van der Waals surface area contributed by atoms with Crippen LogP contribution in [0.2, 0.25) is 0 Å². The fourth-order valence-electron chi connectivity index (χ4n) is 4.57. The summed E-state index contributed by atoms with van der Waals surface area (Å²) in [6, 6.07) is 8.26. The summed E-state index contributed by atoms with van der Waals surface area (Å²) in [7, 11) is -3.84. The lowest BCUT2D eigenvalue weighted by molar-refractivity contribution is 0.0548. The van der Waals surface area contributed by atoms with Crippen LogP contribution in [0.4, 0.5) is 5.69 Å². The van der Waals surface area contributed by atoms with Gasteiger partial charge in [0.25, 0.3) is 15.9 Å². The van der Waals surface area contributed by atoms with Gasteiger partial charge in [-0.2, -0.15) is 0 Å². The van der Waals surface area contributed by atoms with Gasteiger partial charge in [-0.05, 0) is 81.5 Å². The molecule has 32 heavy (non-hydrogen) atoms. The van der Waals surface area contributed by atoms with Gasteiger partial charge in [0.2, 0.25) is 0 Å². The summed E-state index contributed by atoms with van der Waals surface area (Å²) in [4.78, 5) is 15.3. The number of hydrogen-bond donors (Lipinski definition) is 1. The quantitative estimate of drug-likeness (QED) is 0.723. The molecule has 0 bridgehead atoms. The molecule has 1 saturated heterocycles. The molecule has 1 amide bonds. The number of carbonyl (C=O) groups excluding carboxylic acids is 1. The summed E-state index contributed by atoms with van der Waals surface area (Å²) in [5.41, 5.74) is 2.24. The fraction of sp³-hybridized carbons (Fsp3) is 0.458. The van der Waals surface area contributed by atoms with Crippen molar-refractivity contribution in [1.82, 2.24) is 4.90 Å². The molecule has 2 aliphatic heterocycles. The van der Waals surface area contributed by atoms with Gasteiger partial charge in [-0.3, -0.25) is 9.52 Å². The molecule has 2 aromatic rings. The third-order valence-electron chi connectivity index (χ3n) is 6.09. The predicted molar refractivity (Wildman–Crippen MR) is 123 cm³/mol. The number of anilines is 1. The van der Waals surface area contributed by atoms with E-state index in [0.29, 0.717) is 36.0 Å². The summed E-state index contributed by atoms with van der Waals surface area (Å²) >= 11 is 0. The standard InChI is InChI=1S/C24H30N2O5S/c1-4-30-23-16(2)13-20(14-17(23)3)32(28,29)25-18-8-9-22-21(15-18)24(27)26-11-6-5-7-19(26)10-12-31-22/h8-9,13-15,19,25H,4-7,10-12H2,1-3H3. The number of rotatable bonds is 5. The van der Waals surface area contributed by atoms with Crippen molar-refractivity contribution in [2.45, 2.75) is 57.4 Å². The zero-order chi connectivity index (χ0) is 22.9. The Morgan fingerprint density at radius 1 is 1.12 bits per heavy atom. The summed E-state index contributed by atoms with van der Waals surface area (Å²) in [6.45, 7) is 7.32. The Hall–Kier alpha value is -2.74. The first-order chi connectivity index (χ1) is 15.3. The number of hydrogen-bond acceptors (Lipinski definition) is 5. The molecule has 7 nitrogen and oxygen atoms in total. The van der Waals surface area contributed by atoms with Crippen LogP contribution in [0, 0.1) is 13.8 Å². The van der Waals surface area contributed by atoms with E-state index in [-0.39, 0.29) is 16.8 Å². The topological polar surface area (TPSA) is 84.9 Å². The molecule has 1 atom stereocenters. The Balaban J connectivity index is 1.64. The first kappa shape index (κ1) is 22.5. The number of fused-ring (bicyclic) bond motifs is 2. The maximum Gasteiger partial charge on any atom is 0.261 e. The number of nitrogens with one attached hydrogen (secondary N) is 1. The fourth-order valence-corrected chi connectivity index (χ4v) is 5.78. The molecule has 4 rings (SSSR count). The molecule has 1 fully saturated rings. The summed E-state index contributed by atoms with van der Waals surface area (Å²) in [6.07, 6.45) is 3.90. The van der Waals surface area contributed by atoms with Gasteiger partial charge in [0.1, 0.15) is 11.5 Å². The van der Waals surface area contributed by atoms with Crippen LogP contribution in [0.25, 0.3) is 0 Å². The van der Waals surface area contributed by atoms with E-state index in [1.165, 1.54) is 0 Å². The highest BCUT2D eigenvalue weighted by atomic mass is 32.2. The van der Waals surface area contributed by atoms with E-state index < -0.39 is 10.0 Å². The van der Waals surface area contributed by atoms with Crippen molar-refractivity contribution in [2.24, 2.45) is 0 Å². The van der Waals surface area contributed by atoms with Crippen LogP contribution in [-0.2, 0) is 10.0 Å². The van der Waals surface area contributed by atoms with E-state index in [9.17, 15) is 13.2 Å². The van der Waals surface area contributed by atoms with Gasteiger partial charge in [0.15, 0.2) is 0 Å². The molecule has 2 aliphatic rings. The van der Waals surface area contributed by atoms with E-state index in [1.807, 2.05) is 25.7 Å². The lowest BCUT2D eigenvalue weighted by atomic mass is 9.97. The average Bonchev–Trinajstić information content (AvgIpc) is 2.75. The van der Waals surface area contributed by atoms with Gasteiger partial charge in [-0.15, -0.1) is 0 Å². The SMILES string of the molecule is CCOc1c(C)cc(S(=O)(=O)Nc2ccc3c(c2)C(=O)N2CCCCC2CCO3)cc1C. The third-order valence-corrected chi connectivity index (χ3v) is 7.45. The molecular formula is C24H30N2O5S. The van der Waals surface area contributed by atoms with Crippen molar-refractivity contribution < 1.29 is 22.7 Å². The van der Waals surface area contributed by atoms with Crippen molar-refractivity contribution in [2.75, 3.05) is 24.5 Å². The maximum absolute atomic E-state index is 13.3. The molecule has 2 heterocycles. The number of carbonyl (C=O) groups is 1. The van der Waals surface area contributed by atoms with Crippen molar-refractivity contribution in [1.29, 1.82) is 0 Å². The maximum atomic E-state index is 13.3. The molecule has 0 aliphatic carbocycles. The zero-order valence-corrected chi connectivity index (χ0v) is 19.6. The number of nitrogens with zero attached hydrogens (tertiary/aromatic N) is 1. The van der Waals surface area contributed by atoms with Crippen LogP contribution in [0.15, 0.2) is 35.2 Å². The van der Waals surface area contributed by atoms with Crippen LogP contribution in [-0.4, -0.2) is 45.0 Å². The van der Waals surface area contributed by atoms with E-state index in [2.05, 4.69) is 4.72 Å². The second kappa shape index (κ2) is 9.02. The number of sulfonamides is 1. The van der Waals surface area contributed by atoms with Crippen LogP contribution in [0.1, 0.15) is 54.1 Å². The Labute approximate surface area is 189 Å². The highest BCUT2D eigenvalue weighted by Gasteiger charge is 2.31. The van der Waals surface area contributed by atoms with E-state index in [0.717, 1.165) is 43.4 Å². The molecule has 1 N–H and O–H groups in total. The molecule has 1 unspecified atom stereocenters. The Morgan fingerprint density at radius 2 is 1.88 bits per heavy atom. The smallest absolute Gasteiger partial charge is 0.261 e. The summed E-state index contributed by atoms with van der Waals surface area (Å²) in [5, 5.41) is 0. The highest BCUT2D eigenvalue weighted by Crippen LogP contribution is 2.32. The van der Waals surface area contributed by atoms with Gasteiger partial charge < -0.3 is 14.4 Å². The number of amides is 1. The van der Waals surface area contributed by atoms with Gasteiger partial charge >= 0.3 is 0 Å². The lowest BCUT2D eigenvalue weighted by Crippen LogP contribution is -2.45. The summed E-state index contributed by atoms with van der Waals surface area (Å²) < 4.78 is 40.3. The minimum Gasteiger partial charge on any atom is -0.493 e. The van der Waals surface area contributed by atoms with Crippen LogP contribution in [0.3, 0.4) is 0 Å². The monoisotopic (exact) mass is 458 g/mol. The first-order valence-electron chi connectivity index (χ1n) is 11.1. The second-order valence-corrected chi connectivity index (χ2v) is 10.1. The molecule has 0 saturated carbocycles. The number of aryl methyl sites for hydroxylation is 2. The number of benzene rings is 2. The van der Waals surface area contributed by atoms with E-state index in [4.69, 9.17) is 9.47 Å².